The Bertz CT molecular complexity index is 359. The van der Waals surface area contributed by atoms with E-state index in [1.54, 1.807) is 0 Å². The number of aryl methyl sites for hydroxylation is 1. The molecule has 0 aromatic heterocycles. The fourth-order valence-electron chi connectivity index (χ4n) is 2.14. The van der Waals surface area contributed by atoms with Gasteiger partial charge < -0.3 is 4.84 Å². The second kappa shape index (κ2) is 2.59. The maximum atomic E-state index is 5.30. The monoisotopic (exact) mass is 172 g/mol. The van der Waals surface area contributed by atoms with Crippen LogP contribution in [0.2, 0.25) is 0 Å². The predicted octanol–water partition coefficient (Wildman–Crippen LogP) is 2.18. The van der Waals surface area contributed by atoms with Crippen LogP contribution in [0.5, 0.6) is 0 Å². The van der Waals surface area contributed by atoms with Crippen LogP contribution in [0.1, 0.15) is 23.7 Å². The molecule has 13 heavy (non-hydrogen) atoms. The van der Waals surface area contributed by atoms with Crippen LogP contribution >= 0.6 is 0 Å². The van der Waals surface area contributed by atoms with Gasteiger partial charge in [-0.1, -0.05) is 29.4 Å². The minimum absolute atomic E-state index is 0.143. The number of fused-ring (bicyclic) bond motifs is 3. The molecule has 1 aromatic carbocycles. The molecule has 1 aliphatic carbocycles. The van der Waals surface area contributed by atoms with Crippen molar-refractivity contribution in [3.8, 4) is 0 Å². The molecule has 0 spiro atoms. The molecule has 3 rings (SSSR count). The minimum Gasteiger partial charge on any atom is -0.387 e. The third-order valence-electron chi connectivity index (χ3n) is 2.84. The van der Waals surface area contributed by atoms with Crippen molar-refractivity contribution in [2.45, 2.75) is 18.9 Å². The molecule has 1 radical (unpaired) electrons. The topological polar surface area (TPSA) is 21.6 Å². The third kappa shape index (κ3) is 0.981. The molecular formula is C11H10NO. The number of benzene rings is 1. The molecule has 2 unspecified atom stereocenters. The fourth-order valence-corrected chi connectivity index (χ4v) is 2.14. The molecule has 0 saturated carbocycles. The maximum Gasteiger partial charge on any atom is 0.161 e. The first-order valence-electron chi connectivity index (χ1n) is 4.64. The normalized spacial score (nSPS) is 29.2. The number of hydrogen-bond acceptors (Lipinski definition) is 2. The Labute approximate surface area is 77.2 Å². The second-order valence-corrected chi connectivity index (χ2v) is 3.59. The van der Waals surface area contributed by atoms with Gasteiger partial charge in [0.1, 0.15) is 6.21 Å². The van der Waals surface area contributed by atoms with Crippen molar-refractivity contribution in [1.29, 1.82) is 0 Å². The van der Waals surface area contributed by atoms with E-state index in [2.05, 4.69) is 35.6 Å². The summed E-state index contributed by atoms with van der Waals surface area (Å²) >= 11 is 0. The van der Waals surface area contributed by atoms with Crippen molar-refractivity contribution < 1.29 is 4.84 Å². The Balaban J connectivity index is 2.08. The van der Waals surface area contributed by atoms with Crippen LogP contribution in [0.4, 0.5) is 0 Å². The highest BCUT2D eigenvalue weighted by molar-refractivity contribution is 5.64. The predicted molar refractivity (Wildman–Crippen MR) is 49.5 cm³/mol. The Morgan fingerprint density at radius 2 is 2.31 bits per heavy atom. The number of rotatable bonds is 0. The lowest BCUT2D eigenvalue weighted by Crippen LogP contribution is -2.18. The molecule has 2 nitrogen and oxygen atoms in total. The minimum atomic E-state index is 0.143. The Morgan fingerprint density at radius 3 is 3.31 bits per heavy atom. The quantitative estimate of drug-likeness (QED) is 0.587. The number of hydrogen-bond donors (Lipinski definition) is 0. The summed E-state index contributed by atoms with van der Waals surface area (Å²) in [6.07, 6.45) is 5.39. The van der Waals surface area contributed by atoms with E-state index in [0.717, 1.165) is 12.8 Å². The summed E-state index contributed by atoms with van der Waals surface area (Å²) in [5.41, 5.74) is 2.70. The summed E-state index contributed by atoms with van der Waals surface area (Å²) in [5.74, 6) is 0.384. The Morgan fingerprint density at radius 1 is 1.38 bits per heavy atom. The average Bonchev–Trinajstić information content (AvgIpc) is 2.65. The van der Waals surface area contributed by atoms with Gasteiger partial charge in [-0.3, -0.25) is 0 Å². The van der Waals surface area contributed by atoms with E-state index < -0.39 is 0 Å². The summed E-state index contributed by atoms with van der Waals surface area (Å²) < 4.78 is 0. The lowest BCUT2D eigenvalue weighted by molar-refractivity contribution is 0.0542. The summed E-state index contributed by atoms with van der Waals surface area (Å²) in [6, 6.07) is 8.45. The van der Waals surface area contributed by atoms with Crippen LogP contribution in [0, 0.1) is 5.92 Å². The van der Waals surface area contributed by atoms with Gasteiger partial charge in [0.25, 0.3) is 0 Å². The molecule has 2 atom stereocenters. The molecule has 2 aliphatic rings. The van der Waals surface area contributed by atoms with Crippen LogP contribution in [0.25, 0.3) is 0 Å². The highest BCUT2D eigenvalue weighted by atomic mass is 16.6. The summed E-state index contributed by atoms with van der Waals surface area (Å²) in [4.78, 5) is 5.30. The van der Waals surface area contributed by atoms with Crippen LogP contribution < -0.4 is 0 Å². The van der Waals surface area contributed by atoms with Gasteiger partial charge >= 0.3 is 0 Å². The van der Waals surface area contributed by atoms with E-state index in [1.165, 1.54) is 11.1 Å². The maximum absolute atomic E-state index is 5.30. The van der Waals surface area contributed by atoms with E-state index in [9.17, 15) is 0 Å². The number of nitrogens with zero attached hydrogens (tertiary/aromatic N) is 1. The first-order chi connectivity index (χ1) is 6.45. The zero-order valence-corrected chi connectivity index (χ0v) is 7.23. The zero-order chi connectivity index (χ0) is 8.67. The Kier molecular flexibility index (Phi) is 1.42. The van der Waals surface area contributed by atoms with Crippen molar-refractivity contribution in [2.75, 3.05) is 0 Å². The van der Waals surface area contributed by atoms with Gasteiger partial charge in [-0.05, 0) is 24.0 Å². The molecule has 0 N–H and O–H groups in total. The van der Waals surface area contributed by atoms with E-state index >= 15 is 0 Å². The highest BCUT2D eigenvalue weighted by Crippen LogP contribution is 2.38. The van der Waals surface area contributed by atoms with Crippen LogP contribution in [-0.4, -0.2) is 6.21 Å². The van der Waals surface area contributed by atoms with Gasteiger partial charge in [-0.15, -0.1) is 0 Å². The molecule has 2 heteroatoms. The van der Waals surface area contributed by atoms with Crippen molar-refractivity contribution in [1.82, 2.24) is 0 Å². The van der Waals surface area contributed by atoms with E-state index in [4.69, 9.17) is 4.84 Å². The van der Waals surface area contributed by atoms with E-state index in [0.29, 0.717) is 5.92 Å². The molecule has 0 bridgehead atoms. The standard InChI is InChI=1S/C11H10NO/c1-2-4-10-8(3-1)5-6-9-7-12-13-11(9)10/h1-4,9,11H,5-6H2. The second-order valence-electron chi connectivity index (χ2n) is 3.59. The lowest BCUT2D eigenvalue weighted by atomic mass is 9.82. The molecular weight excluding hydrogens is 162 g/mol. The smallest absolute Gasteiger partial charge is 0.161 e. The zero-order valence-electron chi connectivity index (χ0n) is 7.23. The molecule has 0 fully saturated rings. The third-order valence-corrected chi connectivity index (χ3v) is 2.84. The van der Waals surface area contributed by atoms with Crippen LogP contribution in [-0.2, 0) is 11.3 Å². The van der Waals surface area contributed by atoms with E-state index in [-0.39, 0.29) is 6.10 Å². The molecule has 0 amide bonds. The van der Waals surface area contributed by atoms with Gasteiger partial charge in [0.15, 0.2) is 6.10 Å². The van der Waals surface area contributed by atoms with Crippen molar-refractivity contribution in [3.63, 3.8) is 0 Å². The largest absolute Gasteiger partial charge is 0.387 e. The average molecular weight is 172 g/mol. The molecule has 0 saturated heterocycles. The van der Waals surface area contributed by atoms with Gasteiger partial charge in [-0.2, -0.15) is 0 Å². The summed E-state index contributed by atoms with van der Waals surface area (Å²) in [7, 11) is 0. The first kappa shape index (κ1) is 7.13. The molecule has 1 heterocycles. The highest BCUT2D eigenvalue weighted by Gasteiger charge is 2.33. The van der Waals surface area contributed by atoms with Gasteiger partial charge in [0.2, 0.25) is 0 Å². The van der Waals surface area contributed by atoms with Crippen molar-refractivity contribution >= 4 is 6.21 Å². The molecule has 1 aliphatic heterocycles. The lowest BCUT2D eigenvalue weighted by Gasteiger charge is -2.24. The van der Waals surface area contributed by atoms with Gasteiger partial charge in [-0.25, -0.2) is 0 Å². The summed E-state index contributed by atoms with van der Waals surface area (Å²) in [5, 5.41) is 3.78. The molecule has 65 valence electrons. The fraction of sp³-hybridized carbons (Fsp3) is 0.364. The SMILES string of the molecule is [C]1=NOC2c3ccccc3CCC12. The van der Waals surface area contributed by atoms with Gasteiger partial charge in [0.05, 0.1) is 5.92 Å². The first-order valence-corrected chi connectivity index (χ1v) is 4.64. The Hall–Kier alpha value is -1.31. The van der Waals surface area contributed by atoms with E-state index in [1.807, 2.05) is 0 Å². The van der Waals surface area contributed by atoms with Crippen molar-refractivity contribution in [2.24, 2.45) is 11.1 Å². The molecule has 1 aromatic rings. The van der Waals surface area contributed by atoms with Crippen molar-refractivity contribution in [3.05, 3.63) is 35.4 Å². The van der Waals surface area contributed by atoms with Crippen LogP contribution in [0.15, 0.2) is 29.4 Å². The van der Waals surface area contributed by atoms with Gasteiger partial charge in [0, 0.05) is 0 Å². The van der Waals surface area contributed by atoms with Crippen LogP contribution in [0.3, 0.4) is 0 Å². The summed E-state index contributed by atoms with van der Waals surface area (Å²) in [6.45, 7) is 0.